The summed E-state index contributed by atoms with van der Waals surface area (Å²) in [5.41, 5.74) is 0. The number of furan rings is 1. The molecule has 2 N–H and O–H groups in total. The van der Waals surface area contributed by atoms with E-state index >= 15 is 0 Å². The van der Waals surface area contributed by atoms with Gasteiger partial charge in [0.05, 0.1) is 6.04 Å². The number of nitrogens with zero attached hydrogens (tertiary/aromatic N) is 2. The third-order valence-corrected chi connectivity index (χ3v) is 2.89. The Bertz CT molecular complexity index is 465. The second-order valence-electron chi connectivity index (χ2n) is 4.85. The first-order valence-electron chi connectivity index (χ1n) is 6.67. The first kappa shape index (κ1) is 16.1. The van der Waals surface area contributed by atoms with Crippen molar-refractivity contribution in [2.45, 2.75) is 26.3 Å². The van der Waals surface area contributed by atoms with Crippen LogP contribution >= 0.6 is 0 Å². The summed E-state index contributed by atoms with van der Waals surface area (Å²) in [7, 11) is 5.19. The Kier molecular flexibility index (Phi) is 6.09. The van der Waals surface area contributed by atoms with Gasteiger partial charge in [-0.2, -0.15) is 0 Å². The van der Waals surface area contributed by atoms with Crippen molar-refractivity contribution in [1.82, 2.24) is 15.5 Å². The van der Waals surface area contributed by atoms with Gasteiger partial charge in [0.15, 0.2) is 5.96 Å². The minimum absolute atomic E-state index is 0.0134. The molecule has 0 aromatic carbocycles. The summed E-state index contributed by atoms with van der Waals surface area (Å²) in [4.78, 5) is 17.2. The van der Waals surface area contributed by atoms with Gasteiger partial charge in [-0.15, -0.1) is 0 Å². The predicted octanol–water partition coefficient (Wildman–Crippen LogP) is 1.29. The van der Waals surface area contributed by atoms with E-state index in [-0.39, 0.29) is 11.9 Å². The molecular weight excluding hydrogens is 256 g/mol. The lowest BCUT2D eigenvalue weighted by atomic mass is 10.2. The Hall–Kier alpha value is -1.98. The van der Waals surface area contributed by atoms with E-state index < -0.39 is 0 Å². The van der Waals surface area contributed by atoms with Crippen molar-refractivity contribution >= 4 is 11.9 Å². The van der Waals surface area contributed by atoms with Crippen LogP contribution in [-0.4, -0.2) is 44.5 Å². The second kappa shape index (κ2) is 7.57. The zero-order valence-electron chi connectivity index (χ0n) is 12.9. The second-order valence-corrected chi connectivity index (χ2v) is 4.85. The van der Waals surface area contributed by atoms with Crippen molar-refractivity contribution in [1.29, 1.82) is 0 Å². The molecule has 0 saturated carbocycles. The molecule has 1 rings (SSSR count). The van der Waals surface area contributed by atoms with E-state index in [1.165, 1.54) is 0 Å². The van der Waals surface area contributed by atoms with Crippen LogP contribution in [0.2, 0.25) is 0 Å². The van der Waals surface area contributed by atoms with Crippen LogP contribution in [0.15, 0.2) is 21.5 Å². The molecule has 0 saturated heterocycles. The summed E-state index contributed by atoms with van der Waals surface area (Å²) < 4.78 is 5.56. The van der Waals surface area contributed by atoms with E-state index in [1.54, 1.807) is 26.0 Å². The summed E-state index contributed by atoms with van der Waals surface area (Å²) in [5, 5.41) is 6.33. The van der Waals surface area contributed by atoms with Gasteiger partial charge in [0.1, 0.15) is 11.5 Å². The molecule has 1 amide bonds. The van der Waals surface area contributed by atoms with Crippen molar-refractivity contribution in [3.63, 3.8) is 0 Å². The van der Waals surface area contributed by atoms with Crippen molar-refractivity contribution in [3.8, 4) is 0 Å². The van der Waals surface area contributed by atoms with E-state index in [9.17, 15) is 4.79 Å². The fourth-order valence-corrected chi connectivity index (χ4v) is 1.67. The maximum Gasteiger partial charge on any atom is 0.223 e. The lowest BCUT2D eigenvalue weighted by molar-refractivity contribution is -0.128. The first-order valence-corrected chi connectivity index (χ1v) is 6.67. The molecule has 1 aromatic rings. The van der Waals surface area contributed by atoms with Crippen LogP contribution in [0.25, 0.3) is 0 Å². The minimum Gasteiger partial charge on any atom is -0.464 e. The van der Waals surface area contributed by atoms with Gasteiger partial charge in [-0.1, -0.05) is 0 Å². The van der Waals surface area contributed by atoms with Crippen LogP contribution in [0.4, 0.5) is 0 Å². The zero-order chi connectivity index (χ0) is 15.1. The SMILES string of the molecule is CN=C(NCCC(=O)N(C)C)NC(C)c1ccc(C)o1. The summed E-state index contributed by atoms with van der Waals surface area (Å²) in [5.74, 6) is 2.48. The Morgan fingerprint density at radius 1 is 1.45 bits per heavy atom. The van der Waals surface area contributed by atoms with Gasteiger partial charge in [-0.3, -0.25) is 9.79 Å². The molecule has 6 heteroatoms. The van der Waals surface area contributed by atoms with Crippen LogP contribution in [0.5, 0.6) is 0 Å². The molecule has 0 aliphatic heterocycles. The molecule has 0 radical (unpaired) electrons. The third kappa shape index (κ3) is 4.95. The van der Waals surface area contributed by atoms with E-state index in [4.69, 9.17) is 4.42 Å². The monoisotopic (exact) mass is 280 g/mol. The highest BCUT2D eigenvalue weighted by Crippen LogP contribution is 2.15. The van der Waals surface area contributed by atoms with Crippen LogP contribution in [0, 0.1) is 6.92 Å². The molecule has 1 unspecified atom stereocenters. The van der Waals surface area contributed by atoms with E-state index in [0.29, 0.717) is 18.9 Å². The average molecular weight is 280 g/mol. The number of rotatable bonds is 5. The molecule has 20 heavy (non-hydrogen) atoms. The highest BCUT2D eigenvalue weighted by molar-refractivity contribution is 5.81. The molecule has 0 aliphatic rings. The Morgan fingerprint density at radius 3 is 2.65 bits per heavy atom. The summed E-state index contributed by atoms with van der Waals surface area (Å²) >= 11 is 0. The average Bonchev–Trinajstić information content (AvgIpc) is 2.83. The molecular formula is C14H24N4O2. The van der Waals surface area contributed by atoms with Crippen molar-refractivity contribution in [3.05, 3.63) is 23.7 Å². The van der Waals surface area contributed by atoms with E-state index in [1.807, 2.05) is 26.0 Å². The number of carbonyl (C=O) groups excluding carboxylic acids is 1. The maximum absolute atomic E-state index is 11.5. The fourth-order valence-electron chi connectivity index (χ4n) is 1.67. The maximum atomic E-state index is 11.5. The normalized spacial score (nSPS) is 12.9. The lowest BCUT2D eigenvalue weighted by Crippen LogP contribution is -2.40. The van der Waals surface area contributed by atoms with Gasteiger partial charge in [0.25, 0.3) is 0 Å². The third-order valence-electron chi connectivity index (χ3n) is 2.89. The van der Waals surface area contributed by atoms with Gasteiger partial charge >= 0.3 is 0 Å². The lowest BCUT2D eigenvalue weighted by Gasteiger charge is -2.17. The molecule has 0 aliphatic carbocycles. The molecule has 0 bridgehead atoms. The number of amides is 1. The number of aliphatic imine (C=N–C) groups is 1. The van der Waals surface area contributed by atoms with Crippen molar-refractivity contribution in [2.24, 2.45) is 4.99 Å². The standard InChI is InChI=1S/C14H24N4O2/c1-10-6-7-12(20-10)11(2)17-14(15-3)16-9-8-13(19)18(4)5/h6-7,11H,8-9H2,1-5H3,(H2,15,16,17). The highest BCUT2D eigenvalue weighted by atomic mass is 16.3. The van der Waals surface area contributed by atoms with Crippen LogP contribution in [-0.2, 0) is 4.79 Å². The molecule has 0 spiro atoms. The fraction of sp³-hybridized carbons (Fsp3) is 0.571. The Balaban J connectivity index is 2.42. The van der Waals surface area contributed by atoms with Gasteiger partial charge < -0.3 is 20.0 Å². The summed E-state index contributed by atoms with van der Waals surface area (Å²) in [6, 6.07) is 3.88. The zero-order valence-corrected chi connectivity index (χ0v) is 12.9. The number of guanidine groups is 1. The van der Waals surface area contributed by atoms with Crippen LogP contribution < -0.4 is 10.6 Å². The van der Waals surface area contributed by atoms with Gasteiger partial charge in [-0.25, -0.2) is 0 Å². The number of hydrogen-bond donors (Lipinski definition) is 2. The van der Waals surface area contributed by atoms with Gasteiger partial charge in [-0.05, 0) is 26.0 Å². The van der Waals surface area contributed by atoms with Gasteiger partial charge in [0, 0.05) is 34.1 Å². The van der Waals surface area contributed by atoms with Crippen LogP contribution in [0.1, 0.15) is 30.9 Å². The minimum atomic E-state index is 0.0134. The summed E-state index contributed by atoms with van der Waals surface area (Å²) in [6.45, 7) is 4.45. The van der Waals surface area contributed by atoms with Gasteiger partial charge in [0.2, 0.25) is 5.91 Å². The van der Waals surface area contributed by atoms with E-state index in [2.05, 4.69) is 15.6 Å². The number of hydrogen-bond acceptors (Lipinski definition) is 3. The largest absolute Gasteiger partial charge is 0.464 e. The smallest absolute Gasteiger partial charge is 0.223 e. The number of nitrogens with one attached hydrogen (secondary N) is 2. The predicted molar refractivity (Wildman–Crippen MR) is 79.7 cm³/mol. The Labute approximate surface area is 120 Å². The van der Waals surface area contributed by atoms with Crippen molar-refractivity contribution in [2.75, 3.05) is 27.7 Å². The molecule has 0 fully saturated rings. The quantitative estimate of drug-likeness (QED) is 0.630. The highest BCUT2D eigenvalue weighted by Gasteiger charge is 2.11. The van der Waals surface area contributed by atoms with E-state index in [0.717, 1.165) is 11.5 Å². The molecule has 112 valence electrons. The first-order chi connectivity index (χ1) is 9.43. The van der Waals surface area contributed by atoms with Crippen LogP contribution in [0.3, 0.4) is 0 Å². The molecule has 6 nitrogen and oxygen atoms in total. The topological polar surface area (TPSA) is 69.9 Å². The number of aryl methyl sites for hydroxylation is 1. The Morgan fingerprint density at radius 2 is 2.15 bits per heavy atom. The number of carbonyl (C=O) groups is 1. The molecule has 1 heterocycles. The summed E-state index contributed by atoms with van der Waals surface area (Å²) in [6.07, 6.45) is 0.432. The molecule has 1 atom stereocenters. The molecule has 1 aromatic heterocycles. The van der Waals surface area contributed by atoms with Crippen molar-refractivity contribution < 1.29 is 9.21 Å².